The lowest BCUT2D eigenvalue weighted by molar-refractivity contribution is 0.206. The van der Waals surface area contributed by atoms with Crippen molar-refractivity contribution < 1.29 is 25.2 Å². The van der Waals surface area contributed by atoms with Crippen molar-refractivity contribution in [3.8, 4) is 5.75 Å². The van der Waals surface area contributed by atoms with Crippen molar-refractivity contribution in [2.45, 2.75) is 6.10 Å². The van der Waals surface area contributed by atoms with E-state index in [1.165, 1.54) is 30.4 Å². The third kappa shape index (κ3) is 1.99. The Morgan fingerprint density at radius 2 is 1.60 bits per heavy atom. The second-order valence-electron chi connectivity index (χ2n) is 4.52. The first kappa shape index (κ1) is 12.2. The fraction of sp³-hybridized carbons (Fsp3) is 0.0667. The van der Waals surface area contributed by atoms with Crippen LogP contribution in [0.4, 0.5) is 0 Å². The number of fused-ring (bicyclic) bond motifs is 1. The fourth-order valence-corrected chi connectivity index (χ4v) is 2.14. The zero-order valence-corrected chi connectivity index (χ0v) is 10.3. The van der Waals surface area contributed by atoms with Crippen molar-refractivity contribution >= 4 is 5.76 Å². The highest BCUT2D eigenvalue weighted by molar-refractivity contribution is 5.68. The van der Waals surface area contributed by atoms with Crippen LogP contribution in [0.2, 0.25) is 0 Å². The first-order valence-corrected chi connectivity index (χ1v) is 5.97. The number of aromatic hydroxyl groups is 1. The number of hydrogen-bond donors (Lipinski definition) is 4. The number of phenols is 1. The van der Waals surface area contributed by atoms with E-state index in [9.17, 15) is 20.4 Å². The maximum atomic E-state index is 10.0. The van der Waals surface area contributed by atoms with Gasteiger partial charge >= 0.3 is 0 Å². The largest absolute Gasteiger partial charge is 0.508 e. The van der Waals surface area contributed by atoms with E-state index in [0.29, 0.717) is 11.1 Å². The molecule has 2 aliphatic rings. The second-order valence-corrected chi connectivity index (χ2v) is 4.52. The van der Waals surface area contributed by atoms with Gasteiger partial charge < -0.3 is 25.2 Å². The monoisotopic (exact) mass is 272 g/mol. The van der Waals surface area contributed by atoms with Crippen molar-refractivity contribution in [3.05, 3.63) is 70.9 Å². The lowest BCUT2D eigenvalue weighted by Crippen LogP contribution is -2.22. The quantitative estimate of drug-likeness (QED) is 0.631. The van der Waals surface area contributed by atoms with Gasteiger partial charge in [0, 0.05) is 23.3 Å². The number of hydrogen-bond acceptors (Lipinski definition) is 5. The van der Waals surface area contributed by atoms with Gasteiger partial charge in [0.05, 0.1) is 0 Å². The van der Waals surface area contributed by atoms with Gasteiger partial charge in [-0.25, -0.2) is 0 Å². The summed E-state index contributed by atoms with van der Waals surface area (Å²) in [5.41, 5.74) is 0.959. The van der Waals surface area contributed by atoms with Crippen LogP contribution in [0, 0.1) is 0 Å². The highest BCUT2D eigenvalue weighted by Crippen LogP contribution is 2.35. The summed E-state index contributed by atoms with van der Waals surface area (Å²) in [4.78, 5) is 0. The SMILES string of the molecule is OC1=CC2OC(c3ccc(O)cc3)=C(O)C=C2C(O)=C1. The van der Waals surface area contributed by atoms with Gasteiger partial charge in [-0.2, -0.15) is 0 Å². The van der Waals surface area contributed by atoms with Crippen molar-refractivity contribution in [1.29, 1.82) is 0 Å². The van der Waals surface area contributed by atoms with Gasteiger partial charge in [0.15, 0.2) is 11.5 Å². The molecule has 0 spiro atoms. The predicted molar refractivity (Wildman–Crippen MR) is 72.0 cm³/mol. The minimum Gasteiger partial charge on any atom is -0.508 e. The third-order valence-corrected chi connectivity index (χ3v) is 3.11. The van der Waals surface area contributed by atoms with Gasteiger partial charge in [0.25, 0.3) is 0 Å². The molecule has 0 fully saturated rings. The molecule has 1 aromatic carbocycles. The van der Waals surface area contributed by atoms with Gasteiger partial charge in [-0.15, -0.1) is 0 Å². The Balaban J connectivity index is 2.04. The van der Waals surface area contributed by atoms with Gasteiger partial charge in [0.1, 0.15) is 23.4 Å². The number of ether oxygens (including phenoxy) is 1. The summed E-state index contributed by atoms with van der Waals surface area (Å²) in [5, 5.41) is 38.5. The zero-order chi connectivity index (χ0) is 14.3. The number of rotatable bonds is 1. The summed E-state index contributed by atoms with van der Waals surface area (Å²) in [6.07, 6.45) is 3.34. The van der Waals surface area contributed by atoms with E-state index in [1.807, 2.05) is 0 Å². The molecule has 0 saturated heterocycles. The van der Waals surface area contributed by atoms with E-state index in [0.717, 1.165) is 0 Å². The molecule has 5 nitrogen and oxygen atoms in total. The minimum absolute atomic E-state index is 0.101. The molecule has 1 aliphatic carbocycles. The van der Waals surface area contributed by atoms with Crippen LogP contribution in [-0.2, 0) is 4.74 Å². The van der Waals surface area contributed by atoms with E-state index >= 15 is 0 Å². The van der Waals surface area contributed by atoms with E-state index in [2.05, 4.69) is 0 Å². The molecule has 1 aliphatic heterocycles. The first-order valence-electron chi connectivity index (χ1n) is 5.97. The van der Waals surface area contributed by atoms with Crippen LogP contribution in [0.1, 0.15) is 5.56 Å². The highest BCUT2D eigenvalue weighted by Gasteiger charge is 2.29. The molecule has 0 amide bonds. The van der Waals surface area contributed by atoms with Gasteiger partial charge in [-0.05, 0) is 30.3 Å². The van der Waals surface area contributed by atoms with Gasteiger partial charge in [0.2, 0.25) is 0 Å². The highest BCUT2D eigenvalue weighted by atomic mass is 16.5. The van der Waals surface area contributed by atoms with Crippen molar-refractivity contribution in [2.75, 3.05) is 0 Å². The third-order valence-electron chi connectivity index (χ3n) is 3.11. The van der Waals surface area contributed by atoms with Gasteiger partial charge in [-0.1, -0.05) is 0 Å². The molecule has 0 radical (unpaired) electrons. The lowest BCUT2D eigenvalue weighted by Gasteiger charge is -2.27. The van der Waals surface area contributed by atoms with Crippen LogP contribution >= 0.6 is 0 Å². The van der Waals surface area contributed by atoms with Crippen LogP contribution in [0.15, 0.2) is 65.3 Å². The molecule has 1 unspecified atom stereocenters. The minimum atomic E-state index is -0.667. The molecule has 1 aromatic rings. The van der Waals surface area contributed by atoms with Crippen molar-refractivity contribution in [1.82, 2.24) is 0 Å². The van der Waals surface area contributed by atoms with Crippen LogP contribution in [0.25, 0.3) is 5.76 Å². The zero-order valence-electron chi connectivity index (χ0n) is 10.3. The maximum absolute atomic E-state index is 10.0. The molecule has 20 heavy (non-hydrogen) atoms. The fourth-order valence-electron chi connectivity index (χ4n) is 2.14. The molecule has 1 atom stereocenters. The molecular weight excluding hydrogens is 260 g/mol. The van der Waals surface area contributed by atoms with E-state index in [-0.39, 0.29) is 28.8 Å². The number of allylic oxidation sites excluding steroid dienone is 2. The topological polar surface area (TPSA) is 90.2 Å². The van der Waals surface area contributed by atoms with E-state index in [4.69, 9.17) is 4.74 Å². The Labute approximate surface area is 114 Å². The predicted octanol–water partition coefficient (Wildman–Crippen LogP) is 2.84. The van der Waals surface area contributed by atoms with Crippen LogP contribution in [0.3, 0.4) is 0 Å². The number of benzene rings is 1. The molecular formula is C15H12O5. The van der Waals surface area contributed by atoms with Crippen molar-refractivity contribution in [2.24, 2.45) is 0 Å². The Morgan fingerprint density at radius 3 is 2.30 bits per heavy atom. The molecule has 5 heteroatoms. The molecule has 0 saturated carbocycles. The summed E-state index contributed by atoms with van der Waals surface area (Å²) in [7, 11) is 0. The van der Waals surface area contributed by atoms with E-state index < -0.39 is 6.10 Å². The Bertz CT molecular complexity index is 677. The normalized spacial score (nSPS) is 21.4. The van der Waals surface area contributed by atoms with Crippen LogP contribution in [0.5, 0.6) is 5.75 Å². The molecule has 4 N–H and O–H groups in total. The van der Waals surface area contributed by atoms with Crippen LogP contribution < -0.4 is 0 Å². The Kier molecular flexibility index (Phi) is 2.68. The summed E-state index contributed by atoms with van der Waals surface area (Å²) >= 11 is 0. The van der Waals surface area contributed by atoms with E-state index in [1.54, 1.807) is 12.1 Å². The smallest absolute Gasteiger partial charge is 0.169 e. The summed E-state index contributed by atoms with van der Waals surface area (Å²) in [6, 6.07) is 6.15. The molecule has 102 valence electrons. The Morgan fingerprint density at radius 1 is 0.900 bits per heavy atom. The summed E-state index contributed by atoms with van der Waals surface area (Å²) in [6.45, 7) is 0. The molecule has 3 rings (SSSR count). The Hall–Kier alpha value is -2.82. The maximum Gasteiger partial charge on any atom is 0.169 e. The number of aliphatic hydroxyl groups excluding tert-OH is 3. The lowest BCUT2D eigenvalue weighted by atomic mass is 9.97. The van der Waals surface area contributed by atoms with Crippen LogP contribution in [-0.4, -0.2) is 26.5 Å². The number of phenolic OH excluding ortho intramolecular Hbond substituents is 1. The molecule has 1 heterocycles. The molecule has 0 aromatic heterocycles. The second kappa shape index (κ2) is 4.38. The molecule has 0 bridgehead atoms. The first-order chi connectivity index (χ1) is 9.54. The number of aliphatic hydroxyl groups is 3. The van der Waals surface area contributed by atoms with Gasteiger partial charge in [-0.3, -0.25) is 0 Å². The van der Waals surface area contributed by atoms with Crippen molar-refractivity contribution in [3.63, 3.8) is 0 Å². The standard InChI is InChI=1S/C15H12O5/c16-9-3-1-8(2-4-9)15-13(19)7-11-12(18)5-10(17)6-14(11)20-15/h1-7,14,16-19H. The average Bonchev–Trinajstić information content (AvgIpc) is 2.40. The average molecular weight is 272 g/mol. The summed E-state index contributed by atoms with van der Waals surface area (Å²) in [5.74, 6) is -0.0479. The summed E-state index contributed by atoms with van der Waals surface area (Å²) < 4.78 is 5.61.